The molecule has 4 heteroatoms. The van der Waals surface area contributed by atoms with Gasteiger partial charge in [-0.25, -0.2) is 0 Å². The number of rotatable bonds is 7. The van der Waals surface area contributed by atoms with Crippen LogP contribution >= 0.6 is 11.9 Å². The molecule has 1 aliphatic carbocycles. The van der Waals surface area contributed by atoms with E-state index in [4.69, 9.17) is 0 Å². The van der Waals surface area contributed by atoms with E-state index >= 15 is 0 Å². The fourth-order valence-corrected chi connectivity index (χ4v) is 5.32. The largest absolute Gasteiger partial charge is 0.325 e. The summed E-state index contributed by atoms with van der Waals surface area (Å²) in [5.74, 6) is 0.529. The number of benzene rings is 2. The Balaban J connectivity index is 0.00000103. The zero-order chi connectivity index (χ0) is 24.7. The van der Waals surface area contributed by atoms with Gasteiger partial charge in [-0.15, -0.1) is 6.58 Å². The van der Waals surface area contributed by atoms with Gasteiger partial charge in [0, 0.05) is 28.9 Å². The van der Waals surface area contributed by atoms with Gasteiger partial charge in [0.1, 0.15) is 0 Å². The van der Waals surface area contributed by atoms with E-state index in [1.165, 1.54) is 56.8 Å². The van der Waals surface area contributed by atoms with E-state index in [0.29, 0.717) is 5.92 Å². The molecule has 0 aliphatic heterocycles. The van der Waals surface area contributed by atoms with Gasteiger partial charge < -0.3 is 9.62 Å². The zero-order valence-electron chi connectivity index (χ0n) is 21.6. The highest BCUT2D eigenvalue weighted by Crippen LogP contribution is 2.40. The summed E-state index contributed by atoms with van der Waals surface area (Å²) in [5, 5.41) is 0. The van der Waals surface area contributed by atoms with Crippen molar-refractivity contribution in [2.45, 2.75) is 64.3 Å². The monoisotopic (exact) mass is 473 g/mol. The van der Waals surface area contributed by atoms with Gasteiger partial charge >= 0.3 is 0 Å². The van der Waals surface area contributed by atoms with Gasteiger partial charge in [-0.2, -0.15) is 0 Å². The first-order chi connectivity index (χ1) is 16.3. The second-order valence-electron chi connectivity index (χ2n) is 9.53. The number of nitrogens with zero attached hydrogens (tertiary/aromatic N) is 2. The van der Waals surface area contributed by atoms with E-state index in [-0.39, 0.29) is 0 Å². The molecule has 180 valence electrons. The summed E-state index contributed by atoms with van der Waals surface area (Å²) in [6, 6.07) is 15.8. The van der Waals surface area contributed by atoms with Crippen LogP contribution in [-0.2, 0) is 19.4 Å². The van der Waals surface area contributed by atoms with Gasteiger partial charge in [-0.1, -0.05) is 38.1 Å². The molecule has 0 radical (unpaired) electrons. The summed E-state index contributed by atoms with van der Waals surface area (Å²) in [6.07, 6.45) is 7.23. The molecule has 0 spiro atoms. The maximum absolute atomic E-state index is 4.39. The summed E-state index contributed by atoms with van der Waals surface area (Å²) >= 11 is 1.73. The average molecular weight is 474 g/mol. The van der Waals surface area contributed by atoms with Crippen molar-refractivity contribution in [1.82, 2.24) is 9.88 Å². The first-order valence-corrected chi connectivity index (χ1v) is 13.0. The highest BCUT2D eigenvalue weighted by Gasteiger charge is 2.19. The molecule has 0 amide bonds. The molecule has 1 aliphatic rings. The third-order valence-electron chi connectivity index (χ3n) is 5.98. The van der Waals surface area contributed by atoms with Crippen LogP contribution in [0.3, 0.4) is 0 Å². The standard InChI is InChI=1S/C27H33N3S.C3H6/c1-18(2)24-12-10-23(16-22(24)17-30(4)5)31-29-27-25-8-6-7-20(25)9-11-26(27)21-13-14-28-19(3)15-21;1-3-2/h9-16,18,29H,6-8,17H2,1-5H3;3H,1H2,2H3. The second-order valence-corrected chi connectivity index (χ2v) is 10.4. The van der Waals surface area contributed by atoms with Crippen LogP contribution in [0, 0.1) is 6.92 Å². The number of allylic oxidation sites excluding steroid dienone is 1. The predicted octanol–water partition coefficient (Wildman–Crippen LogP) is 8.04. The molecule has 0 bridgehead atoms. The van der Waals surface area contributed by atoms with Crippen LogP contribution < -0.4 is 4.72 Å². The zero-order valence-corrected chi connectivity index (χ0v) is 22.4. The van der Waals surface area contributed by atoms with Crippen LogP contribution in [0.1, 0.15) is 61.1 Å². The van der Waals surface area contributed by atoms with E-state index < -0.39 is 0 Å². The van der Waals surface area contributed by atoms with Crippen molar-refractivity contribution in [3.05, 3.63) is 89.3 Å². The quantitative estimate of drug-likeness (QED) is 0.277. The molecule has 3 aromatic rings. The molecule has 34 heavy (non-hydrogen) atoms. The SMILES string of the molecule is C=CC.Cc1cc(-c2ccc3c(c2NSc2ccc(C(C)C)c(CN(C)C)c2)CCC3)ccn1. The molecule has 0 saturated carbocycles. The molecular weight excluding hydrogens is 434 g/mol. The van der Waals surface area contributed by atoms with Crippen LogP contribution in [0.15, 0.2) is 66.2 Å². The minimum atomic E-state index is 0.529. The Morgan fingerprint density at radius 3 is 2.56 bits per heavy atom. The number of nitrogens with one attached hydrogen (secondary N) is 1. The highest BCUT2D eigenvalue weighted by atomic mass is 32.2. The third kappa shape index (κ3) is 6.52. The summed E-state index contributed by atoms with van der Waals surface area (Å²) in [7, 11) is 4.27. The maximum Gasteiger partial charge on any atom is 0.0557 e. The summed E-state index contributed by atoms with van der Waals surface area (Å²) in [4.78, 5) is 7.89. The lowest BCUT2D eigenvalue weighted by molar-refractivity contribution is 0.400. The first-order valence-electron chi connectivity index (χ1n) is 12.2. The normalized spacial score (nSPS) is 12.4. The Morgan fingerprint density at radius 2 is 1.88 bits per heavy atom. The third-order valence-corrected chi connectivity index (χ3v) is 6.78. The molecular formula is C30H39N3S. The number of hydrogen-bond donors (Lipinski definition) is 1. The van der Waals surface area contributed by atoms with Crippen LogP contribution in [0.5, 0.6) is 0 Å². The van der Waals surface area contributed by atoms with Crippen molar-refractivity contribution in [2.75, 3.05) is 18.8 Å². The molecule has 0 fully saturated rings. The summed E-state index contributed by atoms with van der Waals surface area (Å²) < 4.78 is 3.76. The number of pyridine rings is 1. The van der Waals surface area contributed by atoms with Crippen molar-refractivity contribution in [3.63, 3.8) is 0 Å². The van der Waals surface area contributed by atoms with E-state index in [1.54, 1.807) is 18.0 Å². The molecule has 1 heterocycles. The van der Waals surface area contributed by atoms with Crippen molar-refractivity contribution in [2.24, 2.45) is 0 Å². The number of fused-ring (bicyclic) bond motifs is 1. The van der Waals surface area contributed by atoms with Crippen molar-refractivity contribution in [3.8, 4) is 11.1 Å². The van der Waals surface area contributed by atoms with Crippen molar-refractivity contribution >= 4 is 17.6 Å². The van der Waals surface area contributed by atoms with Gasteiger partial charge in [0.25, 0.3) is 0 Å². The molecule has 2 aromatic carbocycles. The second kappa shape index (κ2) is 12.2. The first kappa shape index (κ1) is 26.1. The average Bonchev–Trinajstić information content (AvgIpc) is 3.26. The Hall–Kier alpha value is -2.56. The number of hydrogen-bond acceptors (Lipinski definition) is 4. The Kier molecular flexibility index (Phi) is 9.37. The van der Waals surface area contributed by atoms with Gasteiger partial charge in [0.05, 0.1) is 5.69 Å². The van der Waals surface area contributed by atoms with Crippen LogP contribution in [-0.4, -0.2) is 24.0 Å². The smallest absolute Gasteiger partial charge is 0.0557 e. The lowest BCUT2D eigenvalue weighted by Gasteiger charge is -2.19. The van der Waals surface area contributed by atoms with Crippen molar-refractivity contribution < 1.29 is 0 Å². The fourth-order valence-electron chi connectivity index (χ4n) is 4.53. The molecule has 1 aromatic heterocycles. The minimum absolute atomic E-state index is 0.529. The summed E-state index contributed by atoms with van der Waals surface area (Å²) in [5.41, 5.74) is 10.6. The number of aromatic nitrogens is 1. The van der Waals surface area contributed by atoms with Crippen LogP contribution in [0.25, 0.3) is 11.1 Å². The predicted molar refractivity (Wildman–Crippen MR) is 150 cm³/mol. The van der Waals surface area contributed by atoms with Gasteiger partial charge in [-0.3, -0.25) is 4.98 Å². The number of aryl methyl sites for hydroxylation is 2. The molecule has 0 unspecified atom stereocenters. The van der Waals surface area contributed by atoms with E-state index in [0.717, 1.165) is 18.7 Å². The van der Waals surface area contributed by atoms with Gasteiger partial charge in [0.15, 0.2) is 0 Å². The molecule has 3 nitrogen and oxygen atoms in total. The van der Waals surface area contributed by atoms with E-state index in [9.17, 15) is 0 Å². The highest BCUT2D eigenvalue weighted by molar-refractivity contribution is 8.00. The lowest BCUT2D eigenvalue weighted by Crippen LogP contribution is -2.13. The fraction of sp³-hybridized carbons (Fsp3) is 0.367. The summed E-state index contributed by atoms with van der Waals surface area (Å²) in [6.45, 7) is 12.8. The van der Waals surface area contributed by atoms with E-state index in [2.05, 4.69) is 98.5 Å². The Labute approximate surface area is 210 Å². The Morgan fingerprint density at radius 1 is 1.12 bits per heavy atom. The Bertz CT molecular complexity index is 1120. The van der Waals surface area contributed by atoms with Crippen LogP contribution in [0.4, 0.5) is 5.69 Å². The van der Waals surface area contributed by atoms with Gasteiger partial charge in [-0.05, 0) is 117 Å². The molecule has 0 atom stereocenters. The van der Waals surface area contributed by atoms with Crippen molar-refractivity contribution in [1.29, 1.82) is 0 Å². The maximum atomic E-state index is 4.39. The molecule has 0 saturated heterocycles. The topological polar surface area (TPSA) is 28.2 Å². The minimum Gasteiger partial charge on any atom is -0.325 e. The number of anilines is 1. The van der Waals surface area contributed by atoms with Crippen LogP contribution in [0.2, 0.25) is 0 Å². The molecule has 1 N–H and O–H groups in total. The molecule has 4 rings (SSSR count). The van der Waals surface area contributed by atoms with E-state index in [1.807, 2.05) is 13.1 Å². The lowest BCUT2D eigenvalue weighted by atomic mass is 9.97. The van der Waals surface area contributed by atoms with Gasteiger partial charge in [0.2, 0.25) is 0 Å².